The number of rotatable bonds is 2. The fourth-order valence-electron chi connectivity index (χ4n) is 4.10. The number of H-pyrrole nitrogens is 1. The van der Waals surface area contributed by atoms with Gasteiger partial charge in [0.2, 0.25) is 0 Å². The van der Waals surface area contributed by atoms with Crippen LogP contribution in [0.3, 0.4) is 0 Å². The molecule has 2 aliphatic rings. The number of para-hydroxylation sites is 1. The van der Waals surface area contributed by atoms with E-state index in [1.807, 2.05) is 11.0 Å². The van der Waals surface area contributed by atoms with Crippen LogP contribution in [0.5, 0.6) is 0 Å². The van der Waals surface area contributed by atoms with Crippen LogP contribution >= 0.6 is 11.3 Å². The van der Waals surface area contributed by atoms with E-state index in [-0.39, 0.29) is 5.91 Å². The quantitative estimate of drug-likeness (QED) is 0.737. The second kappa shape index (κ2) is 6.00. The zero-order chi connectivity index (χ0) is 16.8. The van der Waals surface area contributed by atoms with Gasteiger partial charge in [0.15, 0.2) is 0 Å². The molecular weight excluding hydrogens is 330 g/mol. The number of carbonyl (C=O) groups excluding carboxylic acids is 1. The Morgan fingerprint density at radius 3 is 3.00 bits per heavy atom. The van der Waals surface area contributed by atoms with E-state index in [0.717, 1.165) is 24.4 Å². The summed E-state index contributed by atoms with van der Waals surface area (Å²) in [5, 5.41) is 4.81. The number of hydrogen-bond acceptors (Lipinski definition) is 3. The van der Waals surface area contributed by atoms with Crippen LogP contribution in [0.15, 0.2) is 36.4 Å². The third-order valence-electron chi connectivity index (χ3n) is 5.41. The molecule has 1 atom stereocenters. The zero-order valence-electron chi connectivity index (χ0n) is 14.0. The molecule has 1 saturated heterocycles. The molecule has 1 fully saturated rings. The topological polar surface area (TPSA) is 48.1 Å². The molecule has 5 rings (SSSR count). The number of carbonyl (C=O) groups is 1. The number of fused-ring (bicyclic) bond motifs is 3. The zero-order valence-corrected chi connectivity index (χ0v) is 14.9. The summed E-state index contributed by atoms with van der Waals surface area (Å²) >= 11 is 1.65. The fraction of sp³-hybridized carbons (Fsp3) is 0.350. The van der Waals surface area contributed by atoms with Gasteiger partial charge in [-0.05, 0) is 49.6 Å². The standard InChI is InChI=1S/C20H21N3OS/c24-20(19-8-7-18(25-19)16-6-3-10-21-16)23-11-9-14-13-4-1-2-5-15(13)22-17(14)12-23/h1-2,4-5,7-8,16,21-22H,3,6,9-12H2/t16-/m1/s1. The predicted molar refractivity (Wildman–Crippen MR) is 101 cm³/mol. The normalized spacial score (nSPS) is 20.2. The molecule has 0 aliphatic carbocycles. The minimum atomic E-state index is 0.165. The van der Waals surface area contributed by atoms with Gasteiger partial charge < -0.3 is 15.2 Å². The van der Waals surface area contributed by atoms with Crippen molar-refractivity contribution in [1.82, 2.24) is 15.2 Å². The van der Waals surface area contributed by atoms with Gasteiger partial charge in [-0.1, -0.05) is 18.2 Å². The SMILES string of the molecule is O=C(c1ccc([C@H]2CCCN2)s1)N1CCc2c([nH]c3ccccc23)C1. The highest BCUT2D eigenvalue weighted by Gasteiger charge is 2.26. The Labute approximate surface area is 150 Å². The van der Waals surface area contributed by atoms with E-state index in [2.05, 4.69) is 40.6 Å². The minimum Gasteiger partial charge on any atom is -0.357 e. The van der Waals surface area contributed by atoms with Crippen molar-refractivity contribution in [2.75, 3.05) is 13.1 Å². The molecule has 4 nitrogen and oxygen atoms in total. The molecular formula is C20H21N3OS. The van der Waals surface area contributed by atoms with Crippen LogP contribution < -0.4 is 5.32 Å². The van der Waals surface area contributed by atoms with E-state index in [0.29, 0.717) is 12.6 Å². The summed E-state index contributed by atoms with van der Waals surface area (Å²) in [6.07, 6.45) is 3.32. The molecule has 2 aliphatic heterocycles. The maximum atomic E-state index is 13.0. The van der Waals surface area contributed by atoms with E-state index in [4.69, 9.17) is 0 Å². The highest BCUT2D eigenvalue weighted by molar-refractivity contribution is 7.14. The summed E-state index contributed by atoms with van der Waals surface area (Å²) in [6, 6.07) is 13.0. The number of amides is 1. The van der Waals surface area contributed by atoms with Gasteiger partial charge in [0.25, 0.3) is 5.91 Å². The first-order valence-electron chi connectivity index (χ1n) is 9.00. The number of aromatic amines is 1. The first-order valence-corrected chi connectivity index (χ1v) is 9.82. The predicted octanol–water partition coefficient (Wildman–Crippen LogP) is 3.85. The van der Waals surface area contributed by atoms with Gasteiger partial charge in [-0.3, -0.25) is 4.79 Å². The summed E-state index contributed by atoms with van der Waals surface area (Å²) in [5.41, 5.74) is 3.74. The van der Waals surface area contributed by atoms with E-state index in [1.54, 1.807) is 11.3 Å². The fourth-order valence-corrected chi connectivity index (χ4v) is 5.19. The molecule has 0 spiro atoms. The van der Waals surface area contributed by atoms with Crippen molar-refractivity contribution in [2.24, 2.45) is 0 Å². The van der Waals surface area contributed by atoms with Crippen molar-refractivity contribution in [3.63, 3.8) is 0 Å². The van der Waals surface area contributed by atoms with E-state index in [9.17, 15) is 4.79 Å². The van der Waals surface area contributed by atoms with Crippen molar-refractivity contribution in [1.29, 1.82) is 0 Å². The number of aromatic nitrogens is 1. The minimum absolute atomic E-state index is 0.165. The van der Waals surface area contributed by atoms with Crippen LogP contribution in [0.25, 0.3) is 10.9 Å². The van der Waals surface area contributed by atoms with Gasteiger partial charge in [-0.15, -0.1) is 11.3 Å². The molecule has 3 aromatic rings. The Morgan fingerprint density at radius 1 is 1.20 bits per heavy atom. The average molecular weight is 351 g/mol. The third-order valence-corrected chi connectivity index (χ3v) is 6.60. The van der Waals surface area contributed by atoms with Gasteiger partial charge >= 0.3 is 0 Å². The highest BCUT2D eigenvalue weighted by atomic mass is 32.1. The molecule has 0 unspecified atom stereocenters. The lowest BCUT2D eigenvalue weighted by atomic mass is 10.0. The van der Waals surface area contributed by atoms with Gasteiger partial charge in [0.1, 0.15) is 0 Å². The number of thiophene rings is 1. The van der Waals surface area contributed by atoms with Crippen molar-refractivity contribution in [3.8, 4) is 0 Å². The monoisotopic (exact) mass is 351 g/mol. The first kappa shape index (κ1) is 15.2. The lowest BCUT2D eigenvalue weighted by Crippen LogP contribution is -2.35. The van der Waals surface area contributed by atoms with Crippen LogP contribution in [0.2, 0.25) is 0 Å². The second-order valence-electron chi connectivity index (χ2n) is 6.96. The van der Waals surface area contributed by atoms with E-state index >= 15 is 0 Å². The van der Waals surface area contributed by atoms with Gasteiger partial charge in [-0.2, -0.15) is 0 Å². The van der Waals surface area contributed by atoms with Crippen LogP contribution in [0.4, 0.5) is 0 Å². The summed E-state index contributed by atoms with van der Waals surface area (Å²) in [4.78, 5) is 20.6. The molecule has 0 radical (unpaired) electrons. The Balaban J connectivity index is 1.38. The Kier molecular flexibility index (Phi) is 3.64. The third kappa shape index (κ3) is 2.58. The summed E-state index contributed by atoms with van der Waals surface area (Å²) < 4.78 is 0. The highest BCUT2D eigenvalue weighted by Crippen LogP contribution is 2.32. The number of nitrogens with zero attached hydrogens (tertiary/aromatic N) is 1. The Bertz CT molecular complexity index is 935. The van der Waals surface area contributed by atoms with Crippen molar-refractivity contribution >= 4 is 28.1 Å². The molecule has 2 aromatic heterocycles. The smallest absolute Gasteiger partial charge is 0.264 e. The number of hydrogen-bond donors (Lipinski definition) is 2. The van der Waals surface area contributed by atoms with E-state index < -0.39 is 0 Å². The lowest BCUT2D eigenvalue weighted by molar-refractivity contribution is 0.0738. The molecule has 0 saturated carbocycles. The molecule has 2 N–H and O–H groups in total. The average Bonchev–Trinajstić information content (AvgIpc) is 3.38. The molecule has 0 bridgehead atoms. The van der Waals surface area contributed by atoms with Crippen molar-refractivity contribution < 1.29 is 4.79 Å². The van der Waals surface area contributed by atoms with Crippen LogP contribution in [0, 0.1) is 0 Å². The lowest BCUT2D eigenvalue weighted by Gasteiger charge is -2.26. The van der Waals surface area contributed by atoms with Crippen LogP contribution in [-0.4, -0.2) is 28.9 Å². The van der Waals surface area contributed by atoms with Gasteiger partial charge in [0.05, 0.1) is 11.4 Å². The molecule has 4 heterocycles. The Hall–Kier alpha value is -2.11. The summed E-state index contributed by atoms with van der Waals surface area (Å²) in [6.45, 7) is 2.56. The maximum Gasteiger partial charge on any atom is 0.264 e. The summed E-state index contributed by atoms with van der Waals surface area (Å²) in [7, 11) is 0. The first-order chi connectivity index (χ1) is 12.3. The maximum absolute atomic E-state index is 13.0. The number of benzene rings is 1. The Morgan fingerprint density at radius 2 is 2.12 bits per heavy atom. The molecule has 1 amide bonds. The summed E-state index contributed by atoms with van der Waals surface area (Å²) in [5.74, 6) is 0.165. The molecule has 128 valence electrons. The molecule has 5 heteroatoms. The van der Waals surface area contributed by atoms with Gasteiger partial charge in [0, 0.05) is 34.1 Å². The molecule has 1 aromatic carbocycles. The van der Waals surface area contributed by atoms with Crippen molar-refractivity contribution in [2.45, 2.75) is 31.8 Å². The van der Waals surface area contributed by atoms with Crippen LogP contribution in [-0.2, 0) is 13.0 Å². The van der Waals surface area contributed by atoms with E-state index in [1.165, 1.54) is 39.9 Å². The largest absolute Gasteiger partial charge is 0.357 e. The van der Waals surface area contributed by atoms with Gasteiger partial charge in [-0.25, -0.2) is 0 Å². The van der Waals surface area contributed by atoms with Crippen LogP contribution in [0.1, 0.15) is 44.7 Å². The second-order valence-corrected chi connectivity index (χ2v) is 8.07. The molecule has 25 heavy (non-hydrogen) atoms. The van der Waals surface area contributed by atoms with Crippen molar-refractivity contribution in [3.05, 3.63) is 57.4 Å². The number of nitrogens with one attached hydrogen (secondary N) is 2.